The normalized spacial score (nSPS) is 25.7. The maximum atomic E-state index is 12.5. The van der Waals surface area contributed by atoms with E-state index in [9.17, 15) is 14.4 Å². The summed E-state index contributed by atoms with van der Waals surface area (Å²) in [5, 5.41) is 16.7. The van der Waals surface area contributed by atoms with Crippen molar-refractivity contribution in [1.29, 1.82) is 0 Å². The van der Waals surface area contributed by atoms with E-state index in [-0.39, 0.29) is 17.2 Å². The van der Waals surface area contributed by atoms with Crippen molar-refractivity contribution in [1.82, 2.24) is 10.2 Å². The first-order valence-corrected chi connectivity index (χ1v) is 9.39. The van der Waals surface area contributed by atoms with E-state index in [0.717, 1.165) is 5.75 Å². The van der Waals surface area contributed by atoms with Gasteiger partial charge in [0, 0.05) is 16.9 Å². The maximum Gasteiger partial charge on any atom is 0.352 e. The molecule has 0 saturated carbocycles. The Hall–Kier alpha value is -2.14. The summed E-state index contributed by atoms with van der Waals surface area (Å²) in [5.74, 6) is -0.745. The number of carboxylic acid groups (broad SMARTS) is 1. The molecule has 3 rings (SSSR count). The van der Waals surface area contributed by atoms with Gasteiger partial charge >= 0.3 is 5.97 Å². The zero-order valence-corrected chi connectivity index (χ0v) is 14.8. The Morgan fingerprint density at radius 3 is 2.96 bits per heavy atom. The molecule has 3 aliphatic heterocycles. The lowest BCUT2D eigenvalue weighted by Crippen LogP contribution is -2.70. The Balaban J connectivity index is 1.72. The Labute approximate surface area is 151 Å². The summed E-state index contributed by atoms with van der Waals surface area (Å²) in [6, 6.07) is -0.820. The van der Waals surface area contributed by atoms with Gasteiger partial charge in [0.05, 0.1) is 6.61 Å². The number of ether oxygens (including phenoxy) is 1. The summed E-state index contributed by atoms with van der Waals surface area (Å²) >= 11 is 2.86. The molecule has 134 valence electrons. The van der Waals surface area contributed by atoms with E-state index < -0.39 is 29.2 Å². The van der Waals surface area contributed by atoms with Crippen molar-refractivity contribution in [3.63, 3.8) is 0 Å². The van der Waals surface area contributed by atoms with Crippen LogP contribution in [0.1, 0.15) is 0 Å². The zero-order valence-electron chi connectivity index (χ0n) is 13.1. The fraction of sp³-hybridized carbons (Fsp3) is 0.429. The molecule has 0 spiro atoms. The molecule has 1 unspecified atom stereocenters. The number of hydrogen-bond acceptors (Lipinski definition) is 8. The molecule has 9 nitrogen and oxygen atoms in total. The van der Waals surface area contributed by atoms with E-state index in [1.165, 1.54) is 41.6 Å². The lowest BCUT2D eigenvalue weighted by molar-refractivity contribution is -0.150. The summed E-state index contributed by atoms with van der Waals surface area (Å²) in [5.41, 5.74) is -0.115. The molecule has 3 heterocycles. The average molecular weight is 385 g/mol. The number of nitrogens with zero attached hydrogens (tertiary/aromatic N) is 2. The Morgan fingerprint density at radius 1 is 1.52 bits per heavy atom. The second kappa shape index (κ2) is 7.40. The van der Waals surface area contributed by atoms with Crippen LogP contribution in [-0.2, 0) is 24.0 Å². The highest BCUT2D eigenvalue weighted by atomic mass is 32.2. The number of oxime groups is 1. The molecule has 0 radical (unpaired) electrons. The van der Waals surface area contributed by atoms with E-state index >= 15 is 0 Å². The third kappa shape index (κ3) is 3.33. The number of thioether (sulfide) groups is 2. The van der Waals surface area contributed by atoms with Crippen LogP contribution in [0.2, 0.25) is 0 Å². The number of carbonyl (C=O) groups excluding carboxylic acids is 2. The highest BCUT2D eigenvalue weighted by Crippen LogP contribution is 2.37. The van der Waals surface area contributed by atoms with Crippen LogP contribution in [0.15, 0.2) is 28.1 Å². The second-order valence-corrected chi connectivity index (χ2v) is 7.23. The Bertz CT molecular complexity index is 705. The van der Waals surface area contributed by atoms with Crippen molar-refractivity contribution >= 4 is 47.0 Å². The highest BCUT2D eigenvalue weighted by molar-refractivity contribution is 8.02. The van der Waals surface area contributed by atoms with Crippen molar-refractivity contribution < 1.29 is 29.1 Å². The topological polar surface area (TPSA) is 118 Å². The first-order chi connectivity index (χ1) is 12.0. The lowest BCUT2D eigenvalue weighted by Gasteiger charge is -2.48. The van der Waals surface area contributed by atoms with E-state index in [4.69, 9.17) is 14.7 Å². The van der Waals surface area contributed by atoms with E-state index in [0.29, 0.717) is 12.4 Å². The number of carbonyl (C=O) groups is 3. The minimum atomic E-state index is -1.16. The van der Waals surface area contributed by atoms with Crippen LogP contribution >= 0.6 is 23.5 Å². The van der Waals surface area contributed by atoms with Crippen LogP contribution in [0, 0.1) is 0 Å². The van der Waals surface area contributed by atoms with Gasteiger partial charge in [0.15, 0.2) is 5.76 Å². The molecule has 1 fully saturated rings. The third-order valence-corrected chi connectivity index (χ3v) is 5.60. The van der Waals surface area contributed by atoms with Crippen molar-refractivity contribution in [2.75, 3.05) is 25.2 Å². The van der Waals surface area contributed by atoms with Gasteiger partial charge in [-0.2, -0.15) is 0 Å². The third-order valence-electron chi connectivity index (χ3n) is 3.63. The average Bonchev–Trinajstić information content (AvgIpc) is 2.63. The quantitative estimate of drug-likeness (QED) is 0.385. The predicted octanol–water partition coefficient (Wildman–Crippen LogP) is -0.0380. The van der Waals surface area contributed by atoms with Gasteiger partial charge in [-0.25, -0.2) is 4.79 Å². The lowest BCUT2D eigenvalue weighted by atomic mass is 10.0. The van der Waals surface area contributed by atoms with Gasteiger partial charge in [0.25, 0.3) is 11.8 Å². The van der Waals surface area contributed by atoms with Gasteiger partial charge in [0.2, 0.25) is 5.71 Å². The molecule has 2 amide bonds. The molecule has 3 aliphatic rings. The number of amides is 2. The molecule has 2 atom stereocenters. The monoisotopic (exact) mass is 385 g/mol. The van der Waals surface area contributed by atoms with Crippen LogP contribution in [0.4, 0.5) is 0 Å². The minimum absolute atomic E-state index is 0.0558. The van der Waals surface area contributed by atoms with Crippen LogP contribution < -0.4 is 5.32 Å². The Kier molecular flexibility index (Phi) is 5.23. The number of nitrogens with one attached hydrogen (secondary N) is 1. The standard InChI is InChI=1S/C14H15N3O6S2/c1-22-16-9(8-6-24-5-3-23-8)11(18)15-10-12(19)17-7(14(20)21)2-4-25-13(10)17/h2,6,10,13H,3-5H2,1H3,(H,15,18)(H,20,21)/t10?,13-/m1/s1. The van der Waals surface area contributed by atoms with E-state index in [1.807, 2.05) is 0 Å². The van der Waals surface area contributed by atoms with Gasteiger partial charge in [-0.05, 0) is 6.08 Å². The second-order valence-electron chi connectivity index (χ2n) is 5.10. The van der Waals surface area contributed by atoms with E-state index in [2.05, 4.69) is 10.5 Å². The van der Waals surface area contributed by atoms with Crippen LogP contribution in [0.5, 0.6) is 0 Å². The van der Waals surface area contributed by atoms with Crippen LogP contribution in [0.25, 0.3) is 0 Å². The molecule has 0 aromatic rings. The van der Waals surface area contributed by atoms with Crippen molar-refractivity contribution in [3.8, 4) is 0 Å². The van der Waals surface area contributed by atoms with Gasteiger partial charge < -0.3 is 20.0 Å². The molecule has 1 saturated heterocycles. The minimum Gasteiger partial charge on any atom is -0.490 e. The van der Waals surface area contributed by atoms with Gasteiger partial charge in [-0.1, -0.05) is 5.16 Å². The van der Waals surface area contributed by atoms with Gasteiger partial charge in [-0.15, -0.1) is 23.5 Å². The summed E-state index contributed by atoms with van der Waals surface area (Å²) in [7, 11) is 1.31. The number of aliphatic carboxylic acids is 1. The molecule has 25 heavy (non-hydrogen) atoms. The van der Waals surface area contributed by atoms with Gasteiger partial charge in [0.1, 0.15) is 24.2 Å². The van der Waals surface area contributed by atoms with Crippen molar-refractivity contribution in [2.45, 2.75) is 11.4 Å². The fourth-order valence-electron chi connectivity index (χ4n) is 2.53. The summed E-state index contributed by atoms with van der Waals surface area (Å²) in [6.07, 6.45) is 1.48. The molecule has 0 bridgehead atoms. The number of β-lactam (4-membered cyclic amide) rings is 1. The summed E-state index contributed by atoms with van der Waals surface area (Å²) < 4.78 is 5.41. The van der Waals surface area contributed by atoms with E-state index in [1.54, 1.807) is 5.41 Å². The number of rotatable bonds is 5. The first kappa shape index (κ1) is 17.7. The number of fused-ring (bicyclic) bond motifs is 1. The fourth-order valence-corrected chi connectivity index (χ4v) is 4.35. The molecule has 11 heteroatoms. The van der Waals surface area contributed by atoms with Crippen molar-refractivity contribution in [3.05, 3.63) is 22.9 Å². The SMILES string of the molecule is CON=C(C(=O)NC1C(=O)N2C(C(=O)O)=CCS[C@H]12)C1=CSCCO1. The Morgan fingerprint density at radius 2 is 2.32 bits per heavy atom. The predicted molar refractivity (Wildman–Crippen MR) is 91.7 cm³/mol. The van der Waals surface area contributed by atoms with Gasteiger partial charge in [-0.3, -0.25) is 14.5 Å². The molecule has 0 aromatic carbocycles. The maximum absolute atomic E-state index is 12.5. The first-order valence-electron chi connectivity index (χ1n) is 7.29. The highest BCUT2D eigenvalue weighted by Gasteiger charge is 2.53. The molecule has 2 N–H and O–H groups in total. The molecule has 0 aromatic heterocycles. The zero-order chi connectivity index (χ0) is 18.0. The molecular weight excluding hydrogens is 370 g/mol. The van der Waals surface area contributed by atoms with Crippen molar-refractivity contribution in [2.24, 2.45) is 5.16 Å². The smallest absolute Gasteiger partial charge is 0.352 e. The number of carboxylic acids is 1. The largest absolute Gasteiger partial charge is 0.490 e. The summed E-state index contributed by atoms with van der Waals surface area (Å²) in [6.45, 7) is 0.438. The van der Waals surface area contributed by atoms with Crippen LogP contribution in [-0.4, -0.2) is 70.1 Å². The molecule has 0 aliphatic carbocycles. The number of hydrogen-bond donors (Lipinski definition) is 2. The van der Waals surface area contributed by atoms with Crippen LogP contribution in [0.3, 0.4) is 0 Å². The summed E-state index contributed by atoms with van der Waals surface area (Å²) in [4.78, 5) is 41.9. The molecular formula is C14H15N3O6S2.